The third kappa shape index (κ3) is 8.39. The number of para-hydroxylation sites is 2. The number of rotatable bonds is 9. The first-order valence-corrected chi connectivity index (χ1v) is 27.4. The molecule has 76 heavy (non-hydrogen) atoms. The van der Waals surface area contributed by atoms with Crippen molar-refractivity contribution in [3.63, 3.8) is 0 Å². The summed E-state index contributed by atoms with van der Waals surface area (Å²) in [6.45, 7) is 6.86. The van der Waals surface area contributed by atoms with Crippen LogP contribution < -0.4 is 4.74 Å². The number of fused-ring (bicyclic) bond motifs is 5. The van der Waals surface area contributed by atoms with Gasteiger partial charge in [0.25, 0.3) is 0 Å². The van der Waals surface area contributed by atoms with E-state index in [1.54, 1.807) is 12.3 Å². The van der Waals surface area contributed by atoms with Gasteiger partial charge >= 0.3 is 328 Å². The maximum absolute atomic E-state index is 8.71. The van der Waals surface area contributed by atoms with E-state index in [4.69, 9.17) is 13.8 Å². The van der Waals surface area contributed by atoms with Crippen molar-refractivity contribution < 1.29 is 28.2 Å². The van der Waals surface area contributed by atoms with Crippen LogP contribution in [0, 0.1) is 10.7 Å². The van der Waals surface area contributed by atoms with Gasteiger partial charge in [-0.15, -0.1) is 0 Å². The Labute approximate surface area is 460 Å². The van der Waals surface area contributed by atoms with Crippen LogP contribution in [0.25, 0.3) is 88.9 Å². The van der Waals surface area contributed by atoms with Crippen LogP contribution in [0.4, 0.5) is 0 Å². The number of pyridine rings is 1. The summed E-state index contributed by atoms with van der Waals surface area (Å²) in [6.07, 6.45) is 3.71. The van der Waals surface area contributed by atoms with Crippen LogP contribution in [0.2, 0.25) is 0 Å². The summed E-state index contributed by atoms with van der Waals surface area (Å²) in [7, 11) is 0. The minimum absolute atomic E-state index is 0.0174. The fraction of sp³-hybridized carbons (Fsp3) is 0.143. The first-order chi connectivity index (χ1) is 38.3. The molecule has 2 unspecified atom stereocenters. The minimum Gasteiger partial charge on any atom is -0.238 e. The molecule has 0 amide bonds. The average Bonchev–Trinajstić information content (AvgIpc) is 4.14. The van der Waals surface area contributed by atoms with Crippen LogP contribution in [0.5, 0.6) is 11.5 Å². The summed E-state index contributed by atoms with van der Waals surface area (Å²) in [4.78, 5) is 5.03. The molecule has 0 spiro atoms. The molecule has 0 saturated heterocycles. The Bertz CT molecular complexity index is 4290. The molecule has 0 saturated carbocycles. The number of benzene rings is 9. The average molecular weight is 1170 g/mol. The summed E-state index contributed by atoms with van der Waals surface area (Å²) >= 11 is 2.60. The summed E-state index contributed by atoms with van der Waals surface area (Å²) < 4.78 is 41.5. The Morgan fingerprint density at radius 2 is 1.11 bits per heavy atom. The van der Waals surface area contributed by atoms with Gasteiger partial charge in [0, 0.05) is 15.9 Å². The maximum atomic E-state index is 8.71. The molecule has 3 heterocycles. The standard InChI is InChI=1S/C70H58N4O.Pt/c1-46-30-36-63(72-45-73(66-29-19-18-28-65(66)72)69-58(49-22-12-7-13-23-49)40-53(70(3,4)5)41-59(69)50-24-14-8-15-25-50)61-42-54(32-34-56(46)61)75-55-33-35-57-60-39-52(48-20-10-6-11-21-48)31-37-64(60)74(67(57)43-55)68-38-47(2)62(44-71-68)51-26-16-9-17-27-51;/h6-29,31-35,37-44,46,63H,30,36H2,1-5H3;/i2D3;. The molecule has 0 fully saturated rings. The van der Waals surface area contributed by atoms with Crippen molar-refractivity contribution in [3.05, 3.63) is 251 Å². The molecule has 9 aromatic carbocycles. The van der Waals surface area contributed by atoms with E-state index in [1.165, 1.54) is 44.5 Å². The molecule has 0 bridgehead atoms. The minimum atomic E-state index is -2.39. The zero-order chi connectivity index (χ0) is 54.2. The van der Waals surface area contributed by atoms with Gasteiger partial charge in [-0.2, -0.15) is 0 Å². The van der Waals surface area contributed by atoms with Crippen molar-refractivity contribution >= 4 is 32.8 Å². The van der Waals surface area contributed by atoms with E-state index < -0.39 is 6.85 Å². The predicted octanol–water partition coefficient (Wildman–Crippen LogP) is 18.6. The number of hydrogen-bond acceptors (Lipinski definition) is 2. The van der Waals surface area contributed by atoms with Crippen LogP contribution in [0.3, 0.4) is 0 Å². The Morgan fingerprint density at radius 1 is 0.513 bits per heavy atom. The maximum Gasteiger partial charge on any atom is 0.0374 e. The molecule has 0 aliphatic heterocycles. The Hall–Kier alpha value is -8.11. The van der Waals surface area contributed by atoms with Crippen molar-refractivity contribution in [1.82, 2.24) is 18.7 Å². The molecule has 6 heteroatoms. The van der Waals surface area contributed by atoms with Gasteiger partial charge in [0.1, 0.15) is 0 Å². The van der Waals surface area contributed by atoms with Crippen LogP contribution in [-0.2, 0) is 24.8 Å². The molecule has 2 atom stereocenters. The SMILES string of the molecule is [2H]C([2H])([2H])c1cc(-n2c3ccc(-c4ccccc4)cc3c3ccc(Oc4ccc5c(c4)C(n4[c](=[Pt])n(-c6c(-c7ccccc7)cc(C(C)(C)C)cc6-c6ccccc6)c6ccccc64)CCC5C)cc32)ncc1-c1ccccc1. The molecule has 1 aliphatic rings. The number of nitrogens with zero attached hydrogens (tertiary/aromatic N) is 4. The summed E-state index contributed by atoms with van der Waals surface area (Å²) in [5, 5.41) is 2.03. The van der Waals surface area contributed by atoms with E-state index >= 15 is 0 Å². The molecule has 3 aromatic heterocycles. The second-order valence-corrected chi connectivity index (χ2v) is 22.3. The molecular formula is C70H58N4OPt. The van der Waals surface area contributed by atoms with E-state index in [0.717, 1.165) is 72.1 Å². The van der Waals surface area contributed by atoms with E-state index in [0.29, 0.717) is 23.0 Å². The van der Waals surface area contributed by atoms with Gasteiger partial charge in [0.15, 0.2) is 0 Å². The van der Waals surface area contributed by atoms with Crippen molar-refractivity contribution in [3.8, 4) is 67.5 Å². The van der Waals surface area contributed by atoms with Crippen LogP contribution in [0.15, 0.2) is 225 Å². The molecule has 0 radical (unpaired) electrons. The van der Waals surface area contributed by atoms with E-state index in [1.807, 2.05) is 42.5 Å². The number of hydrogen-bond donors (Lipinski definition) is 0. The zero-order valence-electron chi connectivity index (χ0n) is 45.9. The molecule has 12 aromatic rings. The van der Waals surface area contributed by atoms with Gasteiger partial charge in [-0.1, -0.05) is 66.7 Å². The van der Waals surface area contributed by atoms with E-state index in [9.17, 15) is 0 Å². The molecule has 0 N–H and O–H groups in total. The first kappa shape index (κ1) is 44.2. The Morgan fingerprint density at radius 3 is 1.75 bits per heavy atom. The van der Waals surface area contributed by atoms with E-state index in [-0.39, 0.29) is 17.0 Å². The number of aryl methyl sites for hydroxylation is 1. The molecule has 5 nitrogen and oxygen atoms in total. The van der Waals surface area contributed by atoms with E-state index in [2.05, 4.69) is 231 Å². The van der Waals surface area contributed by atoms with Gasteiger partial charge < -0.3 is 0 Å². The van der Waals surface area contributed by atoms with Crippen LogP contribution >= 0.6 is 0 Å². The largest absolute Gasteiger partial charge is 0.238 e. The summed E-state index contributed by atoms with van der Waals surface area (Å²) in [5.74, 6) is 2.29. The van der Waals surface area contributed by atoms with Gasteiger partial charge in [-0.3, -0.25) is 0 Å². The normalized spacial score (nSPS) is 15.4. The first-order valence-electron chi connectivity index (χ1n) is 27.8. The van der Waals surface area contributed by atoms with Crippen molar-refractivity contribution in [2.24, 2.45) is 0 Å². The second kappa shape index (κ2) is 19.2. The fourth-order valence-electron chi connectivity index (χ4n) is 11.6. The van der Waals surface area contributed by atoms with Gasteiger partial charge in [-0.25, -0.2) is 4.98 Å². The number of ether oxygens (including phenoxy) is 1. The summed E-state index contributed by atoms with van der Waals surface area (Å²) in [5.41, 5.74) is 17.6. The number of aromatic nitrogens is 4. The summed E-state index contributed by atoms with van der Waals surface area (Å²) in [6, 6.07) is 76.6. The third-order valence-corrected chi connectivity index (χ3v) is 16.6. The molecule has 13 rings (SSSR count). The molecular weight excluding hydrogens is 1110 g/mol. The quantitative estimate of drug-likeness (QED) is 0.144. The Kier molecular flexibility index (Phi) is 11.2. The predicted molar refractivity (Wildman–Crippen MR) is 311 cm³/mol. The van der Waals surface area contributed by atoms with Gasteiger partial charge in [0.05, 0.1) is 0 Å². The van der Waals surface area contributed by atoms with Gasteiger partial charge in [-0.05, 0) is 47.3 Å². The van der Waals surface area contributed by atoms with Crippen molar-refractivity contribution in [1.29, 1.82) is 0 Å². The van der Waals surface area contributed by atoms with Crippen molar-refractivity contribution in [2.45, 2.75) is 64.8 Å². The smallest absolute Gasteiger partial charge is 0.0374 e. The topological polar surface area (TPSA) is 36.9 Å². The third-order valence-electron chi connectivity index (χ3n) is 15.5. The van der Waals surface area contributed by atoms with Gasteiger partial charge in [0.2, 0.25) is 0 Å². The Balaban J connectivity index is 0.957. The molecule has 1 aliphatic carbocycles. The zero-order valence-corrected chi connectivity index (χ0v) is 45.2. The molecule has 374 valence electrons. The van der Waals surface area contributed by atoms with Crippen molar-refractivity contribution in [2.75, 3.05) is 0 Å². The van der Waals surface area contributed by atoms with Crippen LogP contribution in [0.1, 0.15) is 78.9 Å². The van der Waals surface area contributed by atoms with Crippen LogP contribution in [-0.4, -0.2) is 18.7 Å². The fourth-order valence-corrected chi connectivity index (χ4v) is 12.8. The monoisotopic (exact) mass is 1170 g/mol. The number of imidazole rings is 1. The second-order valence-electron chi connectivity index (χ2n) is 21.3.